The van der Waals surface area contributed by atoms with Crippen LogP contribution in [0, 0.1) is 19.8 Å². The summed E-state index contributed by atoms with van der Waals surface area (Å²) in [6.45, 7) is 9.74. The normalized spacial score (nSPS) is 16.0. The average Bonchev–Trinajstić information content (AvgIpc) is 2.60. The minimum atomic E-state index is -0.0506. The van der Waals surface area contributed by atoms with Crippen LogP contribution in [0.5, 0.6) is 0 Å². The van der Waals surface area contributed by atoms with Gasteiger partial charge in [0.2, 0.25) is 0 Å². The van der Waals surface area contributed by atoms with Crippen molar-refractivity contribution in [1.82, 2.24) is 4.90 Å². The molecule has 1 heterocycles. The molecule has 0 spiro atoms. The molecule has 25 heavy (non-hydrogen) atoms. The minimum absolute atomic E-state index is 0.0506. The van der Waals surface area contributed by atoms with Crippen molar-refractivity contribution < 1.29 is 4.79 Å². The molecule has 3 heteroatoms. The van der Waals surface area contributed by atoms with Crippen molar-refractivity contribution >= 4 is 11.6 Å². The molecule has 0 radical (unpaired) electrons. The fourth-order valence-corrected chi connectivity index (χ4v) is 3.39. The first-order valence-electron chi connectivity index (χ1n) is 9.21. The second-order valence-electron chi connectivity index (χ2n) is 7.43. The summed E-state index contributed by atoms with van der Waals surface area (Å²) in [4.78, 5) is 15.0. The second kappa shape index (κ2) is 7.83. The third-order valence-electron chi connectivity index (χ3n) is 5.13. The van der Waals surface area contributed by atoms with Gasteiger partial charge in [-0.25, -0.2) is 0 Å². The van der Waals surface area contributed by atoms with E-state index in [1.807, 2.05) is 31.2 Å². The molecule has 0 unspecified atom stereocenters. The molecule has 2 aromatic carbocycles. The van der Waals surface area contributed by atoms with E-state index in [0.717, 1.165) is 23.7 Å². The molecule has 132 valence electrons. The molecule has 3 nitrogen and oxygen atoms in total. The van der Waals surface area contributed by atoms with Crippen molar-refractivity contribution in [1.29, 1.82) is 0 Å². The van der Waals surface area contributed by atoms with Gasteiger partial charge in [0.1, 0.15) is 0 Å². The van der Waals surface area contributed by atoms with Crippen molar-refractivity contribution in [2.75, 3.05) is 18.4 Å². The first-order valence-corrected chi connectivity index (χ1v) is 9.21. The van der Waals surface area contributed by atoms with E-state index in [0.29, 0.717) is 5.56 Å². The van der Waals surface area contributed by atoms with E-state index in [-0.39, 0.29) is 5.91 Å². The summed E-state index contributed by atoms with van der Waals surface area (Å²) < 4.78 is 0. The Morgan fingerprint density at radius 1 is 1.08 bits per heavy atom. The van der Waals surface area contributed by atoms with Crippen molar-refractivity contribution in [3.63, 3.8) is 0 Å². The van der Waals surface area contributed by atoms with Gasteiger partial charge < -0.3 is 5.32 Å². The molecule has 0 aromatic heterocycles. The summed E-state index contributed by atoms with van der Waals surface area (Å²) in [5.41, 5.74) is 5.15. The number of carbonyl (C=O) groups is 1. The Morgan fingerprint density at radius 2 is 1.76 bits per heavy atom. The van der Waals surface area contributed by atoms with Gasteiger partial charge in [0.25, 0.3) is 5.91 Å². The number of likely N-dealkylation sites (tertiary alicyclic amines) is 1. The second-order valence-corrected chi connectivity index (χ2v) is 7.43. The van der Waals surface area contributed by atoms with E-state index < -0.39 is 0 Å². The van der Waals surface area contributed by atoms with Gasteiger partial charge in [-0.1, -0.05) is 36.8 Å². The molecule has 0 aliphatic carbocycles. The Hall–Kier alpha value is -2.13. The number of hydrogen-bond donors (Lipinski definition) is 1. The van der Waals surface area contributed by atoms with E-state index >= 15 is 0 Å². The van der Waals surface area contributed by atoms with Crippen molar-refractivity contribution in [3.05, 3.63) is 64.7 Å². The van der Waals surface area contributed by atoms with Gasteiger partial charge in [0.05, 0.1) is 0 Å². The van der Waals surface area contributed by atoms with E-state index in [9.17, 15) is 4.79 Å². The van der Waals surface area contributed by atoms with Crippen molar-refractivity contribution in [3.8, 4) is 0 Å². The molecule has 1 fully saturated rings. The summed E-state index contributed by atoms with van der Waals surface area (Å²) >= 11 is 0. The van der Waals surface area contributed by atoms with E-state index in [1.54, 1.807) is 0 Å². The van der Waals surface area contributed by atoms with Gasteiger partial charge in [0, 0.05) is 17.8 Å². The maximum absolute atomic E-state index is 12.5. The predicted molar refractivity (Wildman–Crippen MR) is 104 cm³/mol. The summed E-state index contributed by atoms with van der Waals surface area (Å²) in [6, 6.07) is 14.1. The first kappa shape index (κ1) is 17.7. The molecule has 3 rings (SSSR count). The lowest BCUT2D eigenvalue weighted by molar-refractivity contribution is 0.102. The highest BCUT2D eigenvalue weighted by Crippen LogP contribution is 2.19. The number of rotatable bonds is 4. The molecule has 1 N–H and O–H groups in total. The quantitative estimate of drug-likeness (QED) is 0.871. The highest BCUT2D eigenvalue weighted by atomic mass is 16.1. The number of aryl methyl sites for hydroxylation is 2. The Kier molecular flexibility index (Phi) is 5.54. The predicted octanol–water partition coefficient (Wildman–Crippen LogP) is 4.79. The smallest absolute Gasteiger partial charge is 0.255 e. The van der Waals surface area contributed by atoms with Crippen LogP contribution in [-0.4, -0.2) is 23.9 Å². The van der Waals surface area contributed by atoms with Gasteiger partial charge in [-0.15, -0.1) is 0 Å². The van der Waals surface area contributed by atoms with Crippen molar-refractivity contribution in [2.24, 2.45) is 5.92 Å². The Morgan fingerprint density at radius 3 is 2.40 bits per heavy atom. The van der Waals surface area contributed by atoms with E-state index in [2.05, 4.69) is 42.3 Å². The topological polar surface area (TPSA) is 32.3 Å². The van der Waals surface area contributed by atoms with Crippen LogP contribution in [0.25, 0.3) is 0 Å². The highest BCUT2D eigenvalue weighted by Gasteiger charge is 2.16. The summed E-state index contributed by atoms with van der Waals surface area (Å²) in [7, 11) is 0. The van der Waals surface area contributed by atoms with Gasteiger partial charge in [-0.3, -0.25) is 9.69 Å². The Balaban J connectivity index is 1.60. The zero-order valence-corrected chi connectivity index (χ0v) is 15.5. The molecule has 0 bridgehead atoms. The minimum Gasteiger partial charge on any atom is -0.322 e. The standard InChI is InChI=1S/C22H28N2O/c1-16-10-12-24(13-11-16)15-19-5-7-20(8-6-19)22(25)23-21-9-4-17(2)14-18(21)3/h4-9,14,16H,10-13,15H2,1-3H3,(H,23,25). The van der Waals surface area contributed by atoms with Crippen LogP contribution in [0.3, 0.4) is 0 Å². The maximum atomic E-state index is 12.5. The lowest BCUT2D eigenvalue weighted by Crippen LogP contribution is -2.32. The molecule has 1 aliphatic rings. The summed E-state index contributed by atoms with van der Waals surface area (Å²) in [5.74, 6) is 0.804. The number of carbonyl (C=O) groups excluding carboxylic acids is 1. The van der Waals surface area contributed by atoms with Crippen LogP contribution in [0.2, 0.25) is 0 Å². The largest absolute Gasteiger partial charge is 0.322 e. The molecule has 0 atom stereocenters. The van der Waals surface area contributed by atoms with E-state index in [4.69, 9.17) is 0 Å². The Bertz CT molecular complexity index is 728. The van der Waals surface area contributed by atoms with Gasteiger partial charge in [-0.2, -0.15) is 0 Å². The number of hydrogen-bond acceptors (Lipinski definition) is 2. The highest BCUT2D eigenvalue weighted by molar-refractivity contribution is 6.04. The number of amides is 1. The zero-order chi connectivity index (χ0) is 17.8. The number of nitrogens with one attached hydrogen (secondary N) is 1. The van der Waals surface area contributed by atoms with Crippen molar-refractivity contribution in [2.45, 2.75) is 40.2 Å². The van der Waals surface area contributed by atoms with Crippen LogP contribution < -0.4 is 5.32 Å². The average molecular weight is 336 g/mol. The molecular weight excluding hydrogens is 308 g/mol. The van der Waals surface area contributed by atoms with Crippen LogP contribution >= 0.6 is 0 Å². The van der Waals surface area contributed by atoms with Crippen LogP contribution in [0.1, 0.15) is 46.8 Å². The fraction of sp³-hybridized carbons (Fsp3) is 0.409. The zero-order valence-electron chi connectivity index (χ0n) is 15.5. The molecule has 1 saturated heterocycles. The third kappa shape index (κ3) is 4.70. The Labute approximate surface area is 151 Å². The van der Waals surface area contributed by atoms with Crippen LogP contribution in [-0.2, 0) is 6.54 Å². The monoisotopic (exact) mass is 336 g/mol. The molecule has 2 aromatic rings. The number of piperidine rings is 1. The van der Waals surface area contributed by atoms with Crippen LogP contribution in [0.15, 0.2) is 42.5 Å². The molecule has 1 aliphatic heterocycles. The first-order chi connectivity index (χ1) is 12.0. The lowest BCUT2D eigenvalue weighted by Gasteiger charge is -2.30. The molecular formula is C22H28N2O. The van der Waals surface area contributed by atoms with Crippen LogP contribution in [0.4, 0.5) is 5.69 Å². The summed E-state index contributed by atoms with van der Waals surface area (Å²) in [6.07, 6.45) is 2.58. The summed E-state index contributed by atoms with van der Waals surface area (Å²) in [5, 5.41) is 3.01. The maximum Gasteiger partial charge on any atom is 0.255 e. The van der Waals surface area contributed by atoms with E-state index in [1.165, 1.54) is 37.1 Å². The number of nitrogens with zero attached hydrogens (tertiary/aromatic N) is 1. The molecule has 0 saturated carbocycles. The molecule has 1 amide bonds. The SMILES string of the molecule is Cc1ccc(NC(=O)c2ccc(CN3CCC(C)CC3)cc2)c(C)c1. The fourth-order valence-electron chi connectivity index (χ4n) is 3.39. The van der Waals surface area contributed by atoms with Gasteiger partial charge >= 0.3 is 0 Å². The van der Waals surface area contributed by atoms with Gasteiger partial charge in [0.15, 0.2) is 0 Å². The lowest BCUT2D eigenvalue weighted by atomic mass is 9.99. The number of benzene rings is 2. The third-order valence-corrected chi connectivity index (χ3v) is 5.13. The van der Waals surface area contributed by atoms with Gasteiger partial charge in [-0.05, 0) is 75.0 Å². The number of anilines is 1.